The summed E-state index contributed by atoms with van der Waals surface area (Å²) in [4.78, 5) is 0. The Bertz CT molecular complexity index is 752. The van der Waals surface area contributed by atoms with Crippen LogP contribution in [0.2, 0.25) is 0 Å². The summed E-state index contributed by atoms with van der Waals surface area (Å²) in [6.07, 6.45) is -0.822. The molecule has 0 saturated carbocycles. The molecule has 5 nitrogen and oxygen atoms in total. The highest BCUT2D eigenvalue weighted by atomic mass is 79.9. The summed E-state index contributed by atoms with van der Waals surface area (Å²) >= 11 is 3.57. The summed E-state index contributed by atoms with van der Waals surface area (Å²) in [6.45, 7) is 0.465. The average molecular weight is 415 g/mol. The molecule has 3 fully saturated rings. The van der Waals surface area contributed by atoms with Gasteiger partial charge in [0, 0.05) is 0 Å². The third-order valence-electron chi connectivity index (χ3n) is 4.97. The topological polar surface area (TPSA) is 46.2 Å². The number of halogens is 1. The summed E-state index contributed by atoms with van der Waals surface area (Å²) < 4.78 is 30.3. The zero-order valence-electron chi connectivity index (χ0n) is 13.9. The van der Waals surface area contributed by atoms with E-state index in [1.54, 1.807) is 0 Å². The molecule has 5 atom stereocenters. The second-order valence-electron chi connectivity index (χ2n) is 6.65. The molecule has 0 aliphatic carbocycles. The highest BCUT2D eigenvalue weighted by Crippen LogP contribution is 2.38. The van der Waals surface area contributed by atoms with E-state index in [1.807, 2.05) is 60.7 Å². The molecular weight excluding hydrogens is 398 g/mol. The van der Waals surface area contributed by atoms with Gasteiger partial charge in [-0.05, 0) is 10.9 Å². The van der Waals surface area contributed by atoms with E-state index in [9.17, 15) is 0 Å². The fourth-order valence-corrected chi connectivity index (χ4v) is 4.37. The van der Waals surface area contributed by atoms with Gasteiger partial charge >= 0.3 is 14.2 Å². The molecule has 5 rings (SSSR count). The van der Waals surface area contributed by atoms with Gasteiger partial charge in [0.15, 0.2) is 0 Å². The summed E-state index contributed by atoms with van der Waals surface area (Å²) in [5.41, 5.74) is 2.01. The van der Waals surface area contributed by atoms with Crippen molar-refractivity contribution in [3.63, 3.8) is 0 Å². The standard InChI is InChI=1S/C18H17B2BrO5/c21-18-17-16(25-20(26-17)13-9-5-2-6-10-13)15(23-18)14-11-22-19(24-14)12-7-3-1-4-8-12/h1-10,14-18H,11H2. The predicted molar refractivity (Wildman–Crippen MR) is 102 cm³/mol. The van der Waals surface area contributed by atoms with Crippen LogP contribution in [-0.2, 0) is 23.4 Å². The van der Waals surface area contributed by atoms with Gasteiger partial charge in [-0.25, -0.2) is 0 Å². The Balaban J connectivity index is 1.30. The fourth-order valence-electron chi connectivity index (χ4n) is 3.70. The Morgan fingerprint density at radius 3 is 2.04 bits per heavy atom. The van der Waals surface area contributed by atoms with E-state index in [1.165, 1.54) is 0 Å². The van der Waals surface area contributed by atoms with Crippen molar-refractivity contribution >= 4 is 41.1 Å². The van der Waals surface area contributed by atoms with Crippen molar-refractivity contribution in [2.45, 2.75) is 29.4 Å². The number of rotatable bonds is 3. The zero-order chi connectivity index (χ0) is 17.5. The molecule has 26 heavy (non-hydrogen) atoms. The molecule has 132 valence electrons. The van der Waals surface area contributed by atoms with Gasteiger partial charge in [0.05, 0.1) is 18.8 Å². The van der Waals surface area contributed by atoms with Crippen LogP contribution in [0, 0.1) is 0 Å². The van der Waals surface area contributed by atoms with E-state index in [0.717, 1.165) is 10.9 Å². The van der Waals surface area contributed by atoms with Crippen molar-refractivity contribution < 1.29 is 23.4 Å². The molecule has 3 aliphatic rings. The third-order valence-corrected chi connectivity index (χ3v) is 5.71. The van der Waals surface area contributed by atoms with Gasteiger partial charge in [0.25, 0.3) is 0 Å². The highest BCUT2D eigenvalue weighted by Gasteiger charge is 2.57. The molecule has 0 spiro atoms. The van der Waals surface area contributed by atoms with Crippen molar-refractivity contribution in [1.82, 2.24) is 0 Å². The molecule has 0 aromatic heterocycles. The van der Waals surface area contributed by atoms with Gasteiger partial charge in [-0.3, -0.25) is 0 Å². The van der Waals surface area contributed by atoms with Crippen LogP contribution in [-0.4, -0.2) is 50.3 Å². The quantitative estimate of drug-likeness (QED) is 0.556. The molecule has 0 bridgehead atoms. The second kappa shape index (κ2) is 7.11. The van der Waals surface area contributed by atoms with E-state index in [0.29, 0.717) is 6.61 Å². The molecule has 3 saturated heterocycles. The Kier molecular flexibility index (Phi) is 4.64. The Hall–Kier alpha value is -1.15. The normalized spacial score (nSPS) is 33.7. The molecule has 5 unspecified atom stereocenters. The van der Waals surface area contributed by atoms with Crippen LogP contribution in [0.5, 0.6) is 0 Å². The van der Waals surface area contributed by atoms with E-state index >= 15 is 0 Å². The van der Waals surface area contributed by atoms with Crippen LogP contribution < -0.4 is 10.9 Å². The average Bonchev–Trinajstić information content (AvgIpc) is 3.40. The van der Waals surface area contributed by atoms with Crippen LogP contribution in [0.25, 0.3) is 0 Å². The molecule has 8 heteroatoms. The molecule has 3 heterocycles. The number of hydrogen-bond donors (Lipinski definition) is 0. The largest absolute Gasteiger partial charge is 0.494 e. The van der Waals surface area contributed by atoms with Crippen LogP contribution in [0.1, 0.15) is 0 Å². The Labute approximate surface area is 161 Å². The number of benzene rings is 2. The molecule has 0 radical (unpaired) electrons. The number of hydrogen-bond acceptors (Lipinski definition) is 5. The monoisotopic (exact) mass is 414 g/mol. The molecule has 3 aliphatic heterocycles. The van der Waals surface area contributed by atoms with Gasteiger partial charge in [0.2, 0.25) is 0 Å². The first-order valence-corrected chi connectivity index (χ1v) is 9.68. The molecule has 0 N–H and O–H groups in total. The van der Waals surface area contributed by atoms with Crippen molar-refractivity contribution in [2.24, 2.45) is 0 Å². The SMILES string of the molecule is BrC1OC(C2COB(c3ccccc3)O2)C2OB(c3ccccc3)OC12. The lowest BCUT2D eigenvalue weighted by Gasteiger charge is -2.22. The van der Waals surface area contributed by atoms with Gasteiger partial charge in [-0.15, -0.1) is 0 Å². The molecular formula is C18H17B2BrO5. The minimum atomic E-state index is -0.384. The predicted octanol–water partition coefficient (Wildman–Crippen LogP) is 1.10. The van der Waals surface area contributed by atoms with Gasteiger partial charge in [0.1, 0.15) is 17.2 Å². The molecule has 2 aromatic rings. The second-order valence-corrected chi connectivity index (χ2v) is 7.55. The smallest absolute Gasteiger partial charge is 0.405 e. The first-order valence-electron chi connectivity index (χ1n) is 8.77. The van der Waals surface area contributed by atoms with E-state index < -0.39 is 0 Å². The van der Waals surface area contributed by atoms with Crippen molar-refractivity contribution in [1.29, 1.82) is 0 Å². The maximum atomic E-state index is 6.20. The summed E-state index contributed by atoms with van der Waals surface area (Å²) in [6, 6.07) is 19.9. The summed E-state index contributed by atoms with van der Waals surface area (Å²) in [5.74, 6) is 0. The lowest BCUT2D eigenvalue weighted by Crippen LogP contribution is -2.42. The van der Waals surface area contributed by atoms with Gasteiger partial charge < -0.3 is 23.4 Å². The summed E-state index contributed by atoms with van der Waals surface area (Å²) in [7, 11) is -0.755. The lowest BCUT2D eigenvalue weighted by molar-refractivity contribution is -0.0264. The van der Waals surface area contributed by atoms with Gasteiger partial charge in [-0.1, -0.05) is 76.6 Å². The fraction of sp³-hybridized carbons (Fsp3) is 0.333. The maximum Gasteiger partial charge on any atom is 0.494 e. The summed E-state index contributed by atoms with van der Waals surface area (Å²) in [5, 5.41) is -0.231. The first-order chi connectivity index (χ1) is 12.8. The van der Waals surface area contributed by atoms with Crippen LogP contribution in [0.15, 0.2) is 60.7 Å². The molecule has 0 amide bonds. The number of fused-ring (bicyclic) bond motifs is 1. The van der Waals surface area contributed by atoms with Crippen LogP contribution in [0.3, 0.4) is 0 Å². The maximum absolute atomic E-state index is 6.20. The van der Waals surface area contributed by atoms with Crippen molar-refractivity contribution in [3.05, 3.63) is 60.7 Å². The van der Waals surface area contributed by atoms with E-state index in [-0.39, 0.29) is 43.7 Å². The van der Waals surface area contributed by atoms with E-state index in [4.69, 9.17) is 23.4 Å². The third kappa shape index (κ3) is 3.05. The van der Waals surface area contributed by atoms with E-state index in [2.05, 4.69) is 15.9 Å². The highest BCUT2D eigenvalue weighted by molar-refractivity contribution is 9.09. The minimum Gasteiger partial charge on any atom is -0.405 e. The minimum absolute atomic E-state index is 0.176. The molecule has 2 aromatic carbocycles. The number of ether oxygens (including phenoxy) is 1. The number of alkyl halides is 1. The Morgan fingerprint density at radius 2 is 1.35 bits per heavy atom. The lowest BCUT2D eigenvalue weighted by atomic mass is 9.79. The Morgan fingerprint density at radius 1 is 0.731 bits per heavy atom. The van der Waals surface area contributed by atoms with Crippen molar-refractivity contribution in [2.75, 3.05) is 6.61 Å². The van der Waals surface area contributed by atoms with Crippen LogP contribution >= 0.6 is 15.9 Å². The van der Waals surface area contributed by atoms with Crippen molar-refractivity contribution in [3.8, 4) is 0 Å². The zero-order valence-corrected chi connectivity index (χ0v) is 15.5. The van der Waals surface area contributed by atoms with Gasteiger partial charge in [-0.2, -0.15) is 0 Å². The first kappa shape index (κ1) is 17.0. The van der Waals surface area contributed by atoms with Crippen LogP contribution in [0.4, 0.5) is 0 Å².